The van der Waals surface area contributed by atoms with Crippen molar-refractivity contribution in [3.63, 3.8) is 0 Å². The first-order valence-corrected chi connectivity index (χ1v) is 5.49. The fourth-order valence-corrected chi connectivity index (χ4v) is 1.19. The summed E-state index contributed by atoms with van der Waals surface area (Å²) >= 11 is 1.42. The van der Waals surface area contributed by atoms with Crippen molar-refractivity contribution >= 4 is 23.6 Å². The molecule has 0 bridgehead atoms. The smallest absolute Gasteiger partial charge is 0.308 e. The van der Waals surface area contributed by atoms with Crippen LogP contribution in [-0.2, 0) is 9.59 Å². The fraction of sp³-hybridized carbons (Fsp3) is 0.750. The summed E-state index contributed by atoms with van der Waals surface area (Å²) in [5.41, 5.74) is 0. The van der Waals surface area contributed by atoms with Gasteiger partial charge in [0.1, 0.15) is 0 Å². The van der Waals surface area contributed by atoms with Crippen LogP contribution in [0.3, 0.4) is 0 Å². The Bertz CT molecular complexity index is 184. The first-order valence-electron chi connectivity index (χ1n) is 4.10. The summed E-state index contributed by atoms with van der Waals surface area (Å²) < 4.78 is 0. The normalized spacial score (nSPS) is 12.2. The number of carbonyl (C=O) groups is 2. The van der Waals surface area contributed by atoms with Gasteiger partial charge in [-0.15, -0.1) is 0 Å². The maximum atomic E-state index is 11.0. The average molecular weight is 205 g/mol. The van der Waals surface area contributed by atoms with Crippen molar-refractivity contribution in [3.8, 4) is 0 Å². The van der Waals surface area contributed by atoms with Gasteiger partial charge in [-0.25, -0.2) is 0 Å². The second-order valence-electron chi connectivity index (χ2n) is 2.68. The van der Waals surface area contributed by atoms with E-state index in [1.54, 1.807) is 6.92 Å². The summed E-state index contributed by atoms with van der Waals surface area (Å²) in [5.74, 6) is -1.04. The van der Waals surface area contributed by atoms with Gasteiger partial charge in [-0.1, -0.05) is 6.92 Å². The quantitative estimate of drug-likeness (QED) is 0.665. The van der Waals surface area contributed by atoms with E-state index in [9.17, 15) is 9.59 Å². The maximum absolute atomic E-state index is 11.0. The van der Waals surface area contributed by atoms with E-state index >= 15 is 0 Å². The minimum atomic E-state index is -0.855. The highest BCUT2D eigenvalue weighted by Crippen LogP contribution is 2.00. The van der Waals surface area contributed by atoms with Gasteiger partial charge in [-0.05, 0) is 12.7 Å². The third kappa shape index (κ3) is 5.52. The molecule has 4 nitrogen and oxygen atoms in total. The van der Waals surface area contributed by atoms with E-state index in [1.807, 2.05) is 6.26 Å². The second kappa shape index (κ2) is 6.77. The molecule has 0 saturated heterocycles. The van der Waals surface area contributed by atoms with Crippen LogP contribution in [0.15, 0.2) is 0 Å². The minimum absolute atomic E-state index is 0.104. The zero-order valence-electron chi connectivity index (χ0n) is 7.87. The second-order valence-corrected chi connectivity index (χ2v) is 3.55. The number of aliphatic carboxylic acids is 1. The maximum Gasteiger partial charge on any atom is 0.308 e. The molecule has 0 radical (unpaired) electrons. The summed E-state index contributed by atoms with van der Waals surface area (Å²) in [7, 11) is 0. The molecule has 0 aliphatic carbocycles. The zero-order chi connectivity index (χ0) is 10.3. The Hall–Kier alpha value is -0.710. The van der Waals surface area contributed by atoms with Crippen molar-refractivity contribution in [1.29, 1.82) is 0 Å². The summed E-state index contributed by atoms with van der Waals surface area (Å²) in [5, 5.41) is 11.2. The Kier molecular flexibility index (Phi) is 6.40. The van der Waals surface area contributed by atoms with Crippen molar-refractivity contribution in [2.75, 3.05) is 18.6 Å². The summed E-state index contributed by atoms with van der Waals surface area (Å²) in [6.07, 6.45) is 2.36. The highest BCUT2D eigenvalue weighted by atomic mass is 32.2. The van der Waals surface area contributed by atoms with Crippen molar-refractivity contribution in [3.05, 3.63) is 0 Å². The van der Waals surface area contributed by atoms with Crippen LogP contribution in [0.1, 0.15) is 13.3 Å². The summed E-state index contributed by atoms with van der Waals surface area (Å²) in [4.78, 5) is 21.5. The zero-order valence-corrected chi connectivity index (χ0v) is 8.69. The average Bonchev–Trinajstić information content (AvgIpc) is 2.05. The van der Waals surface area contributed by atoms with Gasteiger partial charge in [0.25, 0.3) is 0 Å². The molecule has 76 valence electrons. The van der Waals surface area contributed by atoms with Crippen molar-refractivity contribution < 1.29 is 14.7 Å². The van der Waals surface area contributed by atoms with E-state index in [4.69, 9.17) is 5.11 Å². The van der Waals surface area contributed by atoms with Crippen LogP contribution in [-0.4, -0.2) is 35.5 Å². The van der Waals surface area contributed by atoms with Gasteiger partial charge in [0.15, 0.2) is 0 Å². The minimum Gasteiger partial charge on any atom is -0.481 e. The lowest BCUT2D eigenvalue weighted by molar-refractivity contribution is -0.141. The van der Waals surface area contributed by atoms with Gasteiger partial charge in [0.05, 0.1) is 11.7 Å². The molecule has 0 spiro atoms. The lowest BCUT2D eigenvalue weighted by Crippen LogP contribution is -2.33. The van der Waals surface area contributed by atoms with Crippen LogP contribution in [0, 0.1) is 5.92 Å². The number of amides is 1. The number of hydrogen-bond acceptors (Lipinski definition) is 3. The largest absolute Gasteiger partial charge is 0.481 e. The summed E-state index contributed by atoms with van der Waals surface area (Å²) in [6.45, 7) is 2.02. The number of carbonyl (C=O) groups excluding carboxylic acids is 1. The van der Waals surface area contributed by atoms with Gasteiger partial charge in [0, 0.05) is 6.54 Å². The predicted molar refractivity (Wildman–Crippen MR) is 52.8 cm³/mol. The molecule has 0 heterocycles. The van der Waals surface area contributed by atoms with E-state index in [1.165, 1.54) is 11.8 Å². The van der Waals surface area contributed by atoms with Crippen LogP contribution in [0.2, 0.25) is 0 Å². The molecule has 2 N–H and O–H groups in total. The molecule has 1 amide bonds. The number of hydrogen-bond donors (Lipinski definition) is 2. The number of carboxylic acid groups (broad SMARTS) is 1. The predicted octanol–water partition coefficient (Wildman–Crippen LogP) is 0.576. The van der Waals surface area contributed by atoms with E-state index in [2.05, 4.69) is 5.32 Å². The molecular formula is C8H15NO3S. The Balaban J connectivity index is 3.72. The first kappa shape index (κ1) is 12.3. The number of thioether (sulfide) groups is 1. The van der Waals surface area contributed by atoms with Gasteiger partial charge < -0.3 is 10.4 Å². The molecule has 13 heavy (non-hydrogen) atoms. The van der Waals surface area contributed by atoms with E-state index < -0.39 is 11.9 Å². The van der Waals surface area contributed by atoms with Gasteiger partial charge in [-0.2, -0.15) is 11.8 Å². The fourth-order valence-electron chi connectivity index (χ4n) is 0.825. The van der Waals surface area contributed by atoms with Crippen molar-refractivity contribution in [2.45, 2.75) is 13.3 Å². The molecule has 0 saturated carbocycles. The molecule has 0 aromatic heterocycles. The molecule has 0 fully saturated rings. The monoisotopic (exact) mass is 205 g/mol. The number of nitrogens with one attached hydrogen (secondary N) is 1. The third-order valence-corrected chi connectivity index (χ3v) is 2.21. The molecule has 1 unspecified atom stereocenters. The van der Waals surface area contributed by atoms with Crippen LogP contribution < -0.4 is 5.32 Å². The standard InChI is InChI=1S/C8H15NO3S/c1-3-6(8(11)12)4-9-7(10)5-13-2/h6H,3-5H2,1-2H3,(H,9,10)(H,11,12). The molecule has 0 aromatic rings. The molecule has 0 aromatic carbocycles. The third-order valence-electron chi connectivity index (χ3n) is 1.66. The van der Waals surface area contributed by atoms with Crippen molar-refractivity contribution in [2.24, 2.45) is 5.92 Å². The molecular weight excluding hydrogens is 190 g/mol. The van der Waals surface area contributed by atoms with Gasteiger partial charge in [0.2, 0.25) is 5.91 Å². The molecule has 0 aliphatic rings. The van der Waals surface area contributed by atoms with Crippen LogP contribution >= 0.6 is 11.8 Å². The highest BCUT2D eigenvalue weighted by Gasteiger charge is 2.15. The Morgan fingerprint density at radius 1 is 1.54 bits per heavy atom. The molecule has 1 atom stereocenters. The Labute approximate surface area is 82.1 Å². The lowest BCUT2D eigenvalue weighted by atomic mass is 10.1. The molecule has 5 heteroatoms. The molecule has 0 rings (SSSR count). The Morgan fingerprint density at radius 3 is 2.54 bits per heavy atom. The van der Waals surface area contributed by atoms with Crippen molar-refractivity contribution in [1.82, 2.24) is 5.32 Å². The van der Waals surface area contributed by atoms with Gasteiger partial charge >= 0.3 is 5.97 Å². The van der Waals surface area contributed by atoms with E-state index in [-0.39, 0.29) is 12.5 Å². The Morgan fingerprint density at radius 2 is 2.15 bits per heavy atom. The SMILES string of the molecule is CCC(CNC(=O)CSC)C(=O)O. The van der Waals surface area contributed by atoms with Crippen LogP contribution in [0.4, 0.5) is 0 Å². The number of rotatable bonds is 6. The van der Waals surface area contributed by atoms with E-state index in [0.717, 1.165) is 0 Å². The highest BCUT2D eigenvalue weighted by molar-refractivity contribution is 7.99. The van der Waals surface area contributed by atoms with Crippen LogP contribution in [0.25, 0.3) is 0 Å². The van der Waals surface area contributed by atoms with Crippen LogP contribution in [0.5, 0.6) is 0 Å². The number of carboxylic acids is 1. The first-order chi connectivity index (χ1) is 6.11. The summed E-state index contributed by atoms with van der Waals surface area (Å²) in [6, 6.07) is 0. The van der Waals surface area contributed by atoms with Gasteiger partial charge in [-0.3, -0.25) is 9.59 Å². The topological polar surface area (TPSA) is 66.4 Å². The molecule has 0 aliphatic heterocycles. The van der Waals surface area contributed by atoms with E-state index in [0.29, 0.717) is 12.2 Å². The lowest BCUT2D eigenvalue weighted by Gasteiger charge is -2.10.